The van der Waals surface area contributed by atoms with Crippen LogP contribution in [0, 0.1) is 0 Å². The first-order chi connectivity index (χ1) is 9.63. The number of aliphatic hydroxyl groups excluding tert-OH is 1. The predicted molar refractivity (Wildman–Crippen MR) is 85.8 cm³/mol. The molecule has 2 nitrogen and oxygen atoms in total. The molecule has 0 aliphatic heterocycles. The molecule has 20 heavy (non-hydrogen) atoms. The molecule has 3 rings (SSSR count). The van der Waals surface area contributed by atoms with Gasteiger partial charge < -0.3 is 5.11 Å². The van der Waals surface area contributed by atoms with Crippen LogP contribution in [0.5, 0.6) is 0 Å². The van der Waals surface area contributed by atoms with Gasteiger partial charge in [-0.05, 0) is 36.8 Å². The summed E-state index contributed by atoms with van der Waals surface area (Å²) in [4.78, 5) is 5.53. The fourth-order valence-corrected chi connectivity index (χ4v) is 4.18. The summed E-state index contributed by atoms with van der Waals surface area (Å²) < 4.78 is 2.14. The fourth-order valence-electron chi connectivity index (χ4n) is 1.85. The van der Waals surface area contributed by atoms with Crippen molar-refractivity contribution in [3.63, 3.8) is 0 Å². The third-order valence-electron chi connectivity index (χ3n) is 2.91. The predicted octanol–water partition coefficient (Wildman–Crippen LogP) is 5.15. The van der Waals surface area contributed by atoms with E-state index in [1.165, 1.54) is 4.70 Å². The van der Waals surface area contributed by atoms with Crippen molar-refractivity contribution in [1.82, 2.24) is 4.98 Å². The Morgan fingerprint density at radius 1 is 1.25 bits per heavy atom. The highest BCUT2D eigenvalue weighted by atomic mass is 35.5. The van der Waals surface area contributed by atoms with Gasteiger partial charge in [0.25, 0.3) is 0 Å². The monoisotopic (exact) mass is 321 g/mol. The standard InChI is InChI=1S/C15H12ClNOS2/c1-9(18)10-6-7-13(11(16)8-10)19-15-17-12-4-2-3-5-14(12)20-15/h2-9,18H,1H3/t9-/m0/s1. The van der Waals surface area contributed by atoms with Gasteiger partial charge in [-0.1, -0.05) is 41.6 Å². The summed E-state index contributed by atoms with van der Waals surface area (Å²) >= 11 is 9.48. The number of thiazole rings is 1. The molecule has 1 atom stereocenters. The van der Waals surface area contributed by atoms with Crippen LogP contribution in [-0.4, -0.2) is 10.1 Å². The number of fused-ring (bicyclic) bond motifs is 1. The molecule has 3 aromatic rings. The van der Waals surface area contributed by atoms with Crippen LogP contribution in [0.2, 0.25) is 5.02 Å². The lowest BCUT2D eigenvalue weighted by Gasteiger charge is -2.07. The van der Waals surface area contributed by atoms with E-state index in [9.17, 15) is 5.11 Å². The van der Waals surface area contributed by atoms with E-state index in [0.717, 1.165) is 20.3 Å². The molecule has 0 amide bonds. The molecule has 0 spiro atoms. The quantitative estimate of drug-likeness (QED) is 0.723. The lowest BCUT2D eigenvalue weighted by Crippen LogP contribution is -1.90. The molecule has 0 saturated carbocycles. The topological polar surface area (TPSA) is 33.1 Å². The smallest absolute Gasteiger partial charge is 0.155 e. The average Bonchev–Trinajstić information content (AvgIpc) is 2.83. The van der Waals surface area contributed by atoms with Crippen molar-refractivity contribution in [3.05, 3.63) is 53.1 Å². The maximum atomic E-state index is 9.55. The number of benzene rings is 2. The summed E-state index contributed by atoms with van der Waals surface area (Å²) in [5, 5.41) is 10.2. The second-order valence-corrected chi connectivity index (χ2v) is 7.14. The molecule has 0 radical (unpaired) electrons. The molecule has 0 saturated heterocycles. The average molecular weight is 322 g/mol. The van der Waals surface area contributed by atoms with Gasteiger partial charge in [-0.3, -0.25) is 0 Å². The Labute approximate surface area is 130 Å². The van der Waals surface area contributed by atoms with Crippen LogP contribution in [0.25, 0.3) is 10.2 Å². The summed E-state index contributed by atoms with van der Waals surface area (Å²) in [5.41, 5.74) is 1.83. The van der Waals surface area contributed by atoms with Crippen molar-refractivity contribution in [2.45, 2.75) is 22.3 Å². The summed E-state index contributed by atoms with van der Waals surface area (Å²) in [6.45, 7) is 1.73. The van der Waals surface area contributed by atoms with Crippen LogP contribution in [0.3, 0.4) is 0 Å². The van der Waals surface area contributed by atoms with Gasteiger partial charge in [-0.2, -0.15) is 0 Å². The Hall–Kier alpha value is -1.07. The van der Waals surface area contributed by atoms with Gasteiger partial charge in [-0.15, -0.1) is 11.3 Å². The van der Waals surface area contributed by atoms with Crippen LogP contribution in [-0.2, 0) is 0 Å². The second-order valence-electron chi connectivity index (χ2n) is 4.42. The molecular formula is C15H12ClNOS2. The van der Waals surface area contributed by atoms with E-state index < -0.39 is 6.10 Å². The highest BCUT2D eigenvalue weighted by Crippen LogP contribution is 2.38. The van der Waals surface area contributed by atoms with Crippen molar-refractivity contribution < 1.29 is 5.11 Å². The molecule has 1 N–H and O–H groups in total. The number of aromatic nitrogens is 1. The molecule has 0 fully saturated rings. The summed E-state index contributed by atoms with van der Waals surface area (Å²) in [7, 11) is 0. The van der Waals surface area contributed by atoms with Gasteiger partial charge in [0.1, 0.15) is 0 Å². The minimum absolute atomic E-state index is 0.506. The van der Waals surface area contributed by atoms with E-state index in [1.807, 2.05) is 36.4 Å². The van der Waals surface area contributed by atoms with E-state index in [0.29, 0.717) is 5.02 Å². The van der Waals surface area contributed by atoms with Crippen LogP contribution >= 0.6 is 34.7 Å². The molecule has 0 aliphatic carbocycles. The van der Waals surface area contributed by atoms with E-state index in [2.05, 4.69) is 11.1 Å². The van der Waals surface area contributed by atoms with Crippen molar-refractivity contribution in [1.29, 1.82) is 0 Å². The number of rotatable bonds is 3. The van der Waals surface area contributed by atoms with Crippen molar-refractivity contribution in [2.24, 2.45) is 0 Å². The number of hydrogen-bond acceptors (Lipinski definition) is 4. The Morgan fingerprint density at radius 3 is 2.75 bits per heavy atom. The Balaban J connectivity index is 1.90. The van der Waals surface area contributed by atoms with Gasteiger partial charge in [0, 0.05) is 4.90 Å². The normalized spacial score (nSPS) is 12.8. The van der Waals surface area contributed by atoms with Gasteiger partial charge in [0.05, 0.1) is 21.3 Å². The SMILES string of the molecule is C[C@H](O)c1ccc(Sc2nc3ccccc3s2)c(Cl)c1. The molecule has 1 heterocycles. The number of hydrogen-bond donors (Lipinski definition) is 1. The van der Waals surface area contributed by atoms with E-state index in [4.69, 9.17) is 11.6 Å². The maximum absolute atomic E-state index is 9.55. The lowest BCUT2D eigenvalue weighted by molar-refractivity contribution is 0.199. The molecule has 5 heteroatoms. The van der Waals surface area contributed by atoms with Crippen LogP contribution < -0.4 is 0 Å². The first kappa shape index (κ1) is 13.9. The summed E-state index contributed by atoms with van der Waals surface area (Å²) in [6.07, 6.45) is -0.506. The van der Waals surface area contributed by atoms with E-state index in [1.54, 1.807) is 30.0 Å². The third kappa shape index (κ3) is 2.83. The number of para-hydroxylation sites is 1. The zero-order valence-corrected chi connectivity index (χ0v) is 13.1. The zero-order valence-electron chi connectivity index (χ0n) is 10.7. The van der Waals surface area contributed by atoms with Gasteiger partial charge in [0.15, 0.2) is 4.34 Å². The van der Waals surface area contributed by atoms with Crippen LogP contribution in [0.4, 0.5) is 0 Å². The molecular weight excluding hydrogens is 310 g/mol. The molecule has 1 aromatic heterocycles. The molecule has 2 aromatic carbocycles. The first-order valence-corrected chi connectivity index (χ1v) is 8.15. The third-order valence-corrected chi connectivity index (χ3v) is 5.51. The number of nitrogens with zero attached hydrogens (tertiary/aromatic N) is 1. The van der Waals surface area contributed by atoms with Crippen molar-refractivity contribution in [2.75, 3.05) is 0 Å². The summed E-state index contributed by atoms with van der Waals surface area (Å²) in [6, 6.07) is 13.7. The maximum Gasteiger partial charge on any atom is 0.155 e. The largest absolute Gasteiger partial charge is 0.389 e. The van der Waals surface area contributed by atoms with Crippen LogP contribution in [0.1, 0.15) is 18.6 Å². The minimum atomic E-state index is -0.506. The van der Waals surface area contributed by atoms with E-state index >= 15 is 0 Å². The first-order valence-electron chi connectivity index (χ1n) is 6.14. The Bertz CT molecular complexity index is 721. The number of halogens is 1. The summed E-state index contributed by atoms with van der Waals surface area (Å²) in [5.74, 6) is 0. The second kappa shape index (κ2) is 5.74. The highest BCUT2D eigenvalue weighted by molar-refractivity contribution is 8.01. The molecule has 0 unspecified atom stereocenters. The van der Waals surface area contributed by atoms with E-state index in [-0.39, 0.29) is 0 Å². The lowest BCUT2D eigenvalue weighted by atomic mass is 10.1. The molecule has 0 bridgehead atoms. The highest BCUT2D eigenvalue weighted by Gasteiger charge is 2.10. The Morgan fingerprint density at radius 2 is 2.05 bits per heavy atom. The van der Waals surface area contributed by atoms with Crippen LogP contribution in [0.15, 0.2) is 51.7 Å². The van der Waals surface area contributed by atoms with Gasteiger partial charge in [-0.25, -0.2) is 4.98 Å². The fraction of sp³-hybridized carbons (Fsp3) is 0.133. The number of aliphatic hydroxyl groups is 1. The molecule has 0 aliphatic rings. The van der Waals surface area contributed by atoms with Gasteiger partial charge in [0.2, 0.25) is 0 Å². The zero-order chi connectivity index (χ0) is 14.1. The van der Waals surface area contributed by atoms with Crippen molar-refractivity contribution in [3.8, 4) is 0 Å². The van der Waals surface area contributed by atoms with Crippen molar-refractivity contribution >= 4 is 44.9 Å². The minimum Gasteiger partial charge on any atom is -0.389 e. The van der Waals surface area contributed by atoms with Gasteiger partial charge >= 0.3 is 0 Å². The molecule has 102 valence electrons. The Kier molecular flexibility index (Phi) is 3.98.